The van der Waals surface area contributed by atoms with Crippen molar-refractivity contribution in [2.45, 2.75) is 102 Å². The van der Waals surface area contributed by atoms with Crippen LogP contribution >= 0.6 is 0 Å². The van der Waals surface area contributed by atoms with Crippen molar-refractivity contribution in [3.63, 3.8) is 0 Å². The Morgan fingerprint density at radius 2 is 1.50 bits per heavy atom. The number of nitrogens with one attached hydrogen (secondary N) is 1. The fourth-order valence-electron chi connectivity index (χ4n) is 2.59. The van der Waals surface area contributed by atoms with Gasteiger partial charge >= 0.3 is 122 Å². The van der Waals surface area contributed by atoms with Gasteiger partial charge in [-0.3, -0.25) is 0 Å². The molecule has 0 spiro atoms. The minimum atomic E-state index is -0.465. The van der Waals surface area contributed by atoms with Crippen molar-refractivity contribution >= 4 is 26.8 Å². The van der Waals surface area contributed by atoms with Crippen LogP contribution in [-0.2, 0) is 14.3 Å². The molecular formula is C19H37NO3Se. The molecule has 142 valence electrons. The Bertz CT molecular complexity index is 324. The SMILES string of the molecule is CCCCCCCCCCCCOC(=O)[C@H](CC[Se]C)NC(C)=O. The summed E-state index contributed by atoms with van der Waals surface area (Å²) in [4.78, 5) is 23.2. The molecule has 4 nitrogen and oxygen atoms in total. The molecule has 0 aliphatic rings. The average Bonchev–Trinajstić information content (AvgIpc) is 2.55. The van der Waals surface area contributed by atoms with E-state index in [1.54, 1.807) is 0 Å². The maximum absolute atomic E-state index is 12.0. The average molecular weight is 406 g/mol. The Labute approximate surface area is 155 Å². The number of rotatable bonds is 16. The summed E-state index contributed by atoms with van der Waals surface area (Å²) >= 11 is 0.507. The van der Waals surface area contributed by atoms with E-state index < -0.39 is 6.04 Å². The van der Waals surface area contributed by atoms with Crippen molar-refractivity contribution in [1.29, 1.82) is 0 Å². The van der Waals surface area contributed by atoms with Gasteiger partial charge in [0.25, 0.3) is 0 Å². The van der Waals surface area contributed by atoms with Gasteiger partial charge in [0.05, 0.1) is 0 Å². The van der Waals surface area contributed by atoms with Crippen molar-refractivity contribution < 1.29 is 14.3 Å². The van der Waals surface area contributed by atoms with Crippen LogP contribution in [0.5, 0.6) is 0 Å². The van der Waals surface area contributed by atoms with Crippen LogP contribution in [-0.4, -0.2) is 39.5 Å². The Balaban J connectivity index is 3.59. The summed E-state index contributed by atoms with van der Waals surface area (Å²) < 4.78 is 5.33. The van der Waals surface area contributed by atoms with E-state index in [-0.39, 0.29) is 11.9 Å². The van der Waals surface area contributed by atoms with Gasteiger partial charge in [0.15, 0.2) is 0 Å². The third kappa shape index (κ3) is 15.0. The van der Waals surface area contributed by atoms with Crippen molar-refractivity contribution in [3.8, 4) is 0 Å². The molecule has 0 rings (SSSR count). The van der Waals surface area contributed by atoms with E-state index in [9.17, 15) is 9.59 Å². The molecule has 0 aromatic carbocycles. The number of amides is 1. The van der Waals surface area contributed by atoms with E-state index in [0.717, 1.165) is 18.2 Å². The second kappa shape index (κ2) is 17.3. The summed E-state index contributed by atoms with van der Waals surface area (Å²) in [5, 5.41) is 3.68. The molecule has 0 saturated carbocycles. The molecule has 0 radical (unpaired) electrons. The van der Waals surface area contributed by atoms with Gasteiger partial charge in [-0.15, -0.1) is 0 Å². The number of esters is 1. The van der Waals surface area contributed by atoms with E-state index in [1.165, 1.54) is 58.3 Å². The van der Waals surface area contributed by atoms with Crippen LogP contribution in [0.25, 0.3) is 0 Å². The van der Waals surface area contributed by atoms with E-state index in [1.807, 2.05) is 0 Å². The molecule has 0 bridgehead atoms. The zero-order valence-electron chi connectivity index (χ0n) is 15.9. The predicted molar refractivity (Wildman–Crippen MR) is 101 cm³/mol. The first-order valence-electron chi connectivity index (χ1n) is 9.54. The summed E-state index contributed by atoms with van der Waals surface area (Å²) in [6.07, 6.45) is 13.3. The Kier molecular flexibility index (Phi) is 16.9. The molecule has 5 heteroatoms. The van der Waals surface area contributed by atoms with E-state index in [0.29, 0.717) is 28.0 Å². The monoisotopic (exact) mass is 407 g/mol. The molecule has 1 atom stereocenters. The van der Waals surface area contributed by atoms with Crippen molar-refractivity contribution in [3.05, 3.63) is 0 Å². The van der Waals surface area contributed by atoms with E-state index >= 15 is 0 Å². The molecule has 1 amide bonds. The third-order valence-corrected chi connectivity index (χ3v) is 5.37. The van der Waals surface area contributed by atoms with Crippen molar-refractivity contribution in [1.82, 2.24) is 5.32 Å². The second-order valence-corrected chi connectivity index (χ2v) is 8.45. The van der Waals surface area contributed by atoms with Gasteiger partial charge in [0.1, 0.15) is 0 Å². The second-order valence-electron chi connectivity index (χ2n) is 6.38. The predicted octanol–water partition coefficient (Wildman–Crippen LogP) is 4.52. The molecule has 0 aliphatic carbocycles. The Morgan fingerprint density at radius 3 is 2.00 bits per heavy atom. The fraction of sp³-hybridized carbons (Fsp3) is 0.895. The van der Waals surface area contributed by atoms with E-state index in [4.69, 9.17) is 4.74 Å². The van der Waals surface area contributed by atoms with Crippen LogP contribution in [0.1, 0.15) is 84.5 Å². The first-order chi connectivity index (χ1) is 11.6. The summed E-state index contributed by atoms with van der Waals surface area (Å²) in [7, 11) is 0. The van der Waals surface area contributed by atoms with Gasteiger partial charge in [-0.25, -0.2) is 0 Å². The molecular weight excluding hydrogens is 369 g/mol. The van der Waals surface area contributed by atoms with E-state index in [2.05, 4.69) is 18.1 Å². The van der Waals surface area contributed by atoms with Crippen LogP contribution in [0.3, 0.4) is 0 Å². The molecule has 0 aliphatic heterocycles. The van der Waals surface area contributed by atoms with Crippen LogP contribution in [0.15, 0.2) is 0 Å². The zero-order chi connectivity index (χ0) is 18.0. The number of unbranched alkanes of at least 4 members (excludes halogenated alkanes) is 9. The molecule has 0 heterocycles. The molecule has 0 aromatic heterocycles. The van der Waals surface area contributed by atoms with Gasteiger partial charge in [-0.05, 0) is 0 Å². The summed E-state index contributed by atoms with van der Waals surface area (Å²) in [5.41, 5.74) is 0. The van der Waals surface area contributed by atoms with Gasteiger partial charge in [0, 0.05) is 0 Å². The minimum absolute atomic E-state index is 0.167. The molecule has 1 N–H and O–H groups in total. The Hall–Kier alpha value is -0.541. The molecule has 0 fully saturated rings. The number of hydrogen-bond donors (Lipinski definition) is 1. The van der Waals surface area contributed by atoms with Crippen LogP contribution in [0.4, 0.5) is 0 Å². The molecule has 0 saturated heterocycles. The first-order valence-corrected chi connectivity index (χ1v) is 12.5. The quantitative estimate of drug-likeness (QED) is 0.233. The number of ether oxygens (including phenoxy) is 1. The summed E-state index contributed by atoms with van der Waals surface area (Å²) in [5.74, 6) is 1.69. The zero-order valence-corrected chi connectivity index (χ0v) is 17.6. The van der Waals surface area contributed by atoms with Gasteiger partial charge in [-0.1, -0.05) is 32.6 Å². The van der Waals surface area contributed by atoms with Crippen molar-refractivity contribution in [2.24, 2.45) is 0 Å². The van der Waals surface area contributed by atoms with Crippen molar-refractivity contribution in [2.75, 3.05) is 6.61 Å². The van der Waals surface area contributed by atoms with Crippen LogP contribution in [0, 0.1) is 0 Å². The van der Waals surface area contributed by atoms with Gasteiger partial charge in [-0.2, -0.15) is 0 Å². The number of carbonyl (C=O) groups excluding carboxylic acids is 2. The van der Waals surface area contributed by atoms with Crippen LogP contribution in [0.2, 0.25) is 11.1 Å². The normalized spacial score (nSPS) is 12.0. The topological polar surface area (TPSA) is 55.4 Å². The van der Waals surface area contributed by atoms with Crippen LogP contribution < -0.4 is 5.32 Å². The summed E-state index contributed by atoms with van der Waals surface area (Å²) in [6.45, 7) is 4.16. The Morgan fingerprint density at radius 1 is 0.958 bits per heavy atom. The molecule has 0 aromatic rings. The third-order valence-electron chi connectivity index (χ3n) is 4.01. The first kappa shape index (κ1) is 23.5. The van der Waals surface area contributed by atoms with Gasteiger partial charge in [0.2, 0.25) is 0 Å². The maximum atomic E-state index is 12.0. The summed E-state index contributed by atoms with van der Waals surface area (Å²) in [6, 6.07) is -0.465. The standard InChI is InChI=1S/C19H37NO3Se/c1-4-5-6-7-8-9-10-11-12-13-15-23-19(22)18(14-16-24-3)20-17(2)21/h18H,4-16H2,1-3H3,(H,20,21)/t18-/m0/s1. The number of carbonyl (C=O) groups is 2. The molecule has 0 unspecified atom stereocenters. The molecule has 24 heavy (non-hydrogen) atoms. The number of hydrogen-bond acceptors (Lipinski definition) is 3. The van der Waals surface area contributed by atoms with Gasteiger partial charge < -0.3 is 0 Å². The fourth-order valence-corrected chi connectivity index (χ4v) is 3.58.